The first-order valence-corrected chi connectivity index (χ1v) is 2.41. The number of hydrogen-bond donors (Lipinski definition) is 3. The molecule has 57 valence electrons. The molecule has 0 aromatic heterocycles. The Balaban J connectivity index is -0.0000000412. The van der Waals surface area contributed by atoms with Gasteiger partial charge in [-0.05, 0) is 0 Å². The van der Waals surface area contributed by atoms with Gasteiger partial charge in [-0.15, -0.1) is 0 Å². The molecule has 0 aliphatic carbocycles. The van der Waals surface area contributed by atoms with E-state index in [0.29, 0.717) is 0 Å². The zero-order valence-electron chi connectivity index (χ0n) is 6.32. The van der Waals surface area contributed by atoms with E-state index in [1.54, 1.807) is 6.92 Å². The van der Waals surface area contributed by atoms with Crippen LogP contribution < -0.4 is 0 Å². The molecule has 10 heavy (non-hydrogen) atoms. The average Bonchev–Trinajstić information content (AvgIpc) is 1.91. The van der Waals surface area contributed by atoms with Crippen LogP contribution >= 0.6 is 0 Å². The Morgan fingerprint density at radius 3 is 1.40 bits per heavy atom. The van der Waals surface area contributed by atoms with Gasteiger partial charge < -0.3 is 22.2 Å². The number of aliphatic hydroxyl groups excluding tert-OH is 3. The van der Waals surface area contributed by atoms with Crippen LogP contribution in [0.3, 0.4) is 0 Å². The van der Waals surface area contributed by atoms with Crippen molar-refractivity contribution in [2.75, 3.05) is 13.2 Å². The van der Waals surface area contributed by atoms with Crippen molar-refractivity contribution in [1.82, 2.24) is 0 Å². The van der Waals surface area contributed by atoms with E-state index < -0.39 is 6.10 Å². The molecular formula is C5H13O3YZn-. The van der Waals surface area contributed by atoms with Gasteiger partial charge in [0.2, 0.25) is 0 Å². The molecule has 0 saturated heterocycles. The van der Waals surface area contributed by atoms with Gasteiger partial charge in [0, 0.05) is 52.2 Å². The molecule has 0 aliphatic heterocycles. The fourth-order valence-corrected chi connectivity index (χ4v) is 0.0577. The van der Waals surface area contributed by atoms with Gasteiger partial charge >= 0.3 is 0 Å². The van der Waals surface area contributed by atoms with Gasteiger partial charge in [0.25, 0.3) is 0 Å². The second kappa shape index (κ2) is 22.4. The van der Waals surface area contributed by atoms with Crippen molar-refractivity contribution < 1.29 is 67.5 Å². The third kappa shape index (κ3) is 22.6. The van der Waals surface area contributed by atoms with Crippen LogP contribution in [0.1, 0.15) is 6.92 Å². The van der Waals surface area contributed by atoms with Crippen molar-refractivity contribution in [2.24, 2.45) is 0 Å². The first-order chi connectivity index (χ1) is 3.81. The second-order valence-corrected chi connectivity index (χ2v) is 1.02. The minimum Gasteiger partial charge on any atom is -0.394 e. The summed E-state index contributed by atoms with van der Waals surface area (Å²) in [4.78, 5) is 0. The Morgan fingerprint density at radius 1 is 1.20 bits per heavy atom. The third-order valence-corrected chi connectivity index (χ3v) is 0.421. The van der Waals surface area contributed by atoms with Crippen LogP contribution in [0.15, 0.2) is 0 Å². The Labute approximate surface area is 99.9 Å². The van der Waals surface area contributed by atoms with Crippen molar-refractivity contribution >= 4 is 0 Å². The van der Waals surface area contributed by atoms with E-state index in [4.69, 9.17) is 15.3 Å². The normalized spacial score (nSPS) is 6.60. The molecular weight excluding hydrogens is 262 g/mol. The predicted octanol–water partition coefficient (Wildman–Crippen LogP) is -0.833. The Hall–Kier alpha value is 1.61. The van der Waals surface area contributed by atoms with E-state index in [1.165, 1.54) is 0 Å². The molecule has 0 aromatic rings. The predicted molar refractivity (Wildman–Crippen MR) is 31.2 cm³/mol. The molecule has 0 unspecified atom stereocenters. The Morgan fingerprint density at radius 2 is 1.40 bits per heavy atom. The smallest absolute Gasteiger partial charge is 0.100 e. The minimum absolute atomic E-state index is 0. The SMILES string of the molecule is OCC(O)CO.[CH2-]C.[Y].[Zn]. The summed E-state index contributed by atoms with van der Waals surface area (Å²) in [5, 5.41) is 24.0. The maximum Gasteiger partial charge on any atom is 0.100 e. The summed E-state index contributed by atoms with van der Waals surface area (Å²) in [5.74, 6) is 0. The fraction of sp³-hybridized carbons (Fsp3) is 0.800. The van der Waals surface area contributed by atoms with Crippen molar-refractivity contribution in [1.29, 1.82) is 0 Å². The zero-order valence-corrected chi connectivity index (χ0v) is 12.1. The number of hydrogen-bond acceptors (Lipinski definition) is 3. The van der Waals surface area contributed by atoms with Crippen molar-refractivity contribution in [3.63, 3.8) is 0 Å². The van der Waals surface area contributed by atoms with E-state index in [0.717, 1.165) is 0 Å². The summed E-state index contributed by atoms with van der Waals surface area (Å²) >= 11 is 0. The largest absolute Gasteiger partial charge is 0.394 e. The number of aliphatic hydroxyl groups is 3. The van der Waals surface area contributed by atoms with Crippen molar-refractivity contribution in [3.8, 4) is 0 Å². The molecule has 1 radical (unpaired) electrons. The summed E-state index contributed by atoms with van der Waals surface area (Å²) in [6.45, 7) is 4.27. The molecule has 5 heteroatoms. The standard InChI is InChI=1S/C3H8O3.C2H5.Y.Zn/c4-1-3(6)2-5;1-2;;/h3-6H,1-2H2;1H2,2H3;;/q;-1;;. The first-order valence-electron chi connectivity index (χ1n) is 2.41. The quantitative estimate of drug-likeness (QED) is 0.455. The summed E-state index contributed by atoms with van der Waals surface area (Å²) in [6, 6.07) is 0. The monoisotopic (exact) mass is 274 g/mol. The van der Waals surface area contributed by atoms with Gasteiger partial charge in [0.05, 0.1) is 13.2 Å². The molecule has 3 nitrogen and oxygen atoms in total. The molecule has 0 amide bonds. The van der Waals surface area contributed by atoms with Crippen LogP contribution in [-0.4, -0.2) is 34.6 Å². The molecule has 0 heterocycles. The van der Waals surface area contributed by atoms with Gasteiger partial charge in [0.1, 0.15) is 6.10 Å². The van der Waals surface area contributed by atoms with E-state index in [2.05, 4.69) is 6.92 Å². The molecule has 0 spiro atoms. The second-order valence-electron chi connectivity index (χ2n) is 1.02. The average molecular weight is 275 g/mol. The Kier molecular flexibility index (Phi) is 50.6. The van der Waals surface area contributed by atoms with Crippen LogP contribution in [0.2, 0.25) is 0 Å². The molecule has 0 aliphatic rings. The molecule has 0 fully saturated rings. The van der Waals surface area contributed by atoms with Crippen LogP contribution in [0.4, 0.5) is 0 Å². The summed E-state index contributed by atoms with van der Waals surface area (Å²) in [6.07, 6.45) is -0.954. The maximum absolute atomic E-state index is 8.17. The molecule has 3 N–H and O–H groups in total. The van der Waals surface area contributed by atoms with E-state index in [-0.39, 0.29) is 65.4 Å². The van der Waals surface area contributed by atoms with Crippen molar-refractivity contribution in [2.45, 2.75) is 13.0 Å². The molecule has 0 atom stereocenters. The summed E-state index contributed by atoms with van der Waals surface area (Å²) < 4.78 is 0. The van der Waals surface area contributed by atoms with Gasteiger partial charge in [-0.3, -0.25) is 0 Å². The maximum atomic E-state index is 8.17. The fourth-order valence-electron chi connectivity index (χ4n) is 0.0577. The first kappa shape index (κ1) is 22.6. The van der Waals surface area contributed by atoms with Crippen LogP contribution in [0, 0.1) is 6.92 Å². The van der Waals surface area contributed by atoms with E-state index in [9.17, 15) is 0 Å². The summed E-state index contributed by atoms with van der Waals surface area (Å²) in [5.41, 5.74) is 0. The molecule has 0 bridgehead atoms. The minimum atomic E-state index is -0.954. The van der Waals surface area contributed by atoms with E-state index >= 15 is 0 Å². The zero-order chi connectivity index (χ0) is 6.99. The topological polar surface area (TPSA) is 60.7 Å². The van der Waals surface area contributed by atoms with Crippen LogP contribution in [0.5, 0.6) is 0 Å². The van der Waals surface area contributed by atoms with Crippen LogP contribution in [-0.2, 0) is 52.2 Å². The van der Waals surface area contributed by atoms with Gasteiger partial charge in [-0.1, -0.05) is 0 Å². The molecule has 0 rings (SSSR count). The van der Waals surface area contributed by atoms with Crippen molar-refractivity contribution in [3.05, 3.63) is 6.92 Å². The van der Waals surface area contributed by atoms with Gasteiger partial charge in [-0.25, -0.2) is 0 Å². The third-order valence-electron chi connectivity index (χ3n) is 0.421. The van der Waals surface area contributed by atoms with E-state index in [1.807, 2.05) is 0 Å². The van der Waals surface area contributed by atoms with Crippen LogP contribution in [0.25, 0.3) is 0 Å². The summed E-state index contributed by atoms with van der Waals surface area (Å²) in [7, 11) is 0. The van der Waals surface area contributed by atoms with Gasteiger partial charge in [0.15, 0.2) is 0 Å². The van der Waals surface area contributed by atoms with Gasteiger partial charge in [-0.2, -0.15) is 6.92 Å². The molecule has 0 saturated carbocycles. The number of rotatable bonds is 2. The molecule has 0 aromatic carbocycles. The Bertz CT molecular complexity index is 36.1.